The lowest BCUT2D eigenvalue weighted by Gasteiger charge is -2.06. The van der Waals surface area contributed by atoms with Crippen LogP contribution in [-0.4, -0.2) is 25.6 Å². The molecular formula is C21H17FN4O2. The first-order valence-corrected chi connectivity index (χ1v) is 8.65. The molecule has 2 heterocycles. The Labute approximate surface area is 160 Å². The Hall–Kier alpha value is -3.74. The molecule has 0 aliphatic carbocycles. The third kappa shape index (κ3) is 3.29. The molecule has 0 unspecified atom stereocenters. The number of rotatable bonds is 3. The van der Waals surface area contributed by atoms with E-state index in [1.165, 1.54) is 18.2 Å². The van der Waals surface area contributed by atoms with Gasteiger partial charge in [-0.25, -0.2) is 13.9 Å². The molecule has 4 aromatic rings. The number of aryl methyl sites for hydroxylation is 2. The van der Waals surface area contributed by atoms with Crippen molar-refractivity contribution in [1.29, 1.82) is 0 Å². The molecule has 2 aromatic heterocycles. The van der Waals surface area contributed by atoms with Crippen LogP contribution in [0.15, 0.2) is 54.6 Å². The summed E-state index contributed by atoms with van der Waals surface area (Å²) in [6.07, 6.45) is 0. The number of carbonyl (C=O) groups excluding carboxylic acids is 1. The van der Waals surface area contributed by atoms with Crippen molar-refractivity contribution < 1.29 is 14.3 Å². The maximum Gasteiger partial charge on any atom is 0.276 e. The Morgan fingerprint density at radius 1 is 1.07 bits per heavy atom. The van der Waals surface area contributed by atoms with Crippen molar-refractivity contribution in [2.45, 2.75) is 13.8 Å². The monoisotopic (exact) mass is 376 g/mol. The number of fused-ring (bicyclic) bond motifs is 1. The van der Waals surface area contributed by atoms with Crippen LogP contribution in [0, 0.1) is 19.7 Å². The van der Waals surface area contributed by atoms with Crippen molar-refractivity contribution in [3.05, 3.63) is 77.4 Å². The summed E-state index contributed by atoms with van der Waals surface area (Å²) in [5.41, 5.74) is 4.10. The van der Waals surface area contributed by atoms with Gasteiger partial charge in [0.05, 0.1) is 11.4 Å². The zero-order chi connectivity index (χ0) is 19.8. The Bertz CT molecular complexity index is 1200. The molecule has 0 atom stereocenters. The minimum atomic E-state index is -0.450. The fraction of sp³-hybridized carbons (Fsp3) is 0.0952. The lowest BCUT2D eigenvalue weighted by atomic mass is 10.1. The second-order valence-corrected chi connectivity index (χ2v) is 6.56. The highest BCUT2D eigenvalue weighted by Gasteiger charge is 2.15. The first kappa shape index (κ1) is 17.7. The van der Waals surface area contributed by atoms with Crippen molar-refractivity contribution in [3.63, 3.8) is 0 Å². The Kier molecular flexibility index (Phi) is 4.27. The fourth-order valence-corrected chi connectivity index (χ4v) is 2.94. The molecule has 2 N–H and O–H groups in total. The van der Waals surface area contributed by atoms with Crippen LogP contribution in [0.25, 0.3) is 16.9 Å². The average molecular weight is 376 g/mol. The lowest BCUT2D eigenvalue weighted by molar-refractivity contribution is 0.102. The van der Waals surface area contributed by atoms with E-state index >= 15 is 0 Å². The van der Waals surface area contributed by atoms with Gasteiger partial charge in [-0.3, -0.25) is 4.79 Å². The minimum Gasteiger partial charge on any atom is -0.506 e. The Balaban J connectivity index is 1.69. The van der Waals surface area contributed by atoms with Gasteiger partial charge in [0.25, 0.3) is 5.91 Å². The van der Waals surface area contributed by atoms with Crippen LogP contribution < -0.4 is 5.32 Å². The summed E-state index contributed by atoms with van der Waals surface area (Å²) in [5, 5.41) is 16.9. The summed E-state index contributed by atoms with van der Waals surface area (Å²) >= 11 is 0. The molecule has 0 spiro atoms. The molecular weight excluding hydrogens is 359 g/mol. The van der Waals surface area contributed by atoms with E-state index < -0.39 is 5.91 Å². The molecule has 0 fully saturated rings. The largest absolute Gasteiger partial charge is 0.506 e. The lowest BCUT2D eigenvalue weighted by Crippen LogP contribution is -2.13. The Morgan fingerprint density at radius 2 is 1.82 bits per heavy atom. The molecule has 0 aliphatic rings. The molecule has 28 heavy (non-hydrogen) atoms. The minimum absolute atomic E-state index is 0.0179. The molecule has 1 amide bonds. The van der Waals surface area contributed by atoms with Gasteiger partial charge in [-0.15, -0.1) is 0 Å². The predicted molar refractivity (Wildman–Crippen MR) is 104 cm³/mol. The first-order valence-electron chi connectivity index (χ1n) is 8.65. The number of phenolic OH excluding ortho intramolecular Hbond substituents is 1. The second-order valence-electron chi connectivity index (χ2n) is 6.56. The molecule has 0 saturated carbocycles. The molecule has 2 aromatic carbocycles. The fourth-order valence-electron chi connectivity index (χ4n) is 2.94. The van der Waals surface area contributed by atoms with Crippen LogP contribution in [-0.2, 0) is 0 Å². The number of anilines is 1. The normalized spacial score (nSPS) is 11.0. The number of phenols is 1. The molecule has 7 heteroatoms. The maximum absolute atomic E-state index is 13.2. The third-order valence-corrected chi connectivity index (χ3v) is 4.38. The smallest absolute Gasteiger partial charge is 0.276 e. The number of nitrogens with zero attached hydrogens (tertiary/aromatic N) is 3. The van der Waals surface area contributed by atoms with E-state index in [1.54, 1.807) is 34.8 Å². The number of carbonyl (C=O) groups is 1. The van der Waals surface area contributed by atoms with Gasteiger partial charge >= 0.3 is 0 Å². The number of halogens is 1. The second kappa shape index (κ2) is 6.77. The third-order valence-electron chi connectivity index (χ3n) is 4.38. The molecule has 0 radical (unpaired) electrons. The number of amides is 1. The van der Waals surface area contributed by atoms with Crippen LogP contribution in [0.2, 0.25) is 0 Å². The topological polar surface area (TPSA) is 79.5 Å². The van der Waals surface area contributed by atoms with Gasteiger partial charge < -0.3 is 10.4 Å². The summed E-state index contributed by atoms with van der Waals surface area (Å²) in [6, 6.07) is 14.4. The molecule has 140 valence electrons. The average Bonchev–Trinajstić information content (AvgIpc) is 3.10. The summed E-state index contributed by atoms with van der Waals surface area (Å²) in [4.78, 5) is 17.1. The van der Waals surface area contributed by atoms with Gasteiger partial charge in [0.2, 0.25) is 0 Å². The van der Waals surface area contributed by atoms with E-state index in [9.17, 15) is 14.3 Å². The number of nitrogens with one attached hydrogen (secondary N) is 1. The van der Waals surface area contributed by atoms with Gasteiger partial charge in [0, 0.05) is 17.3 Å². The SMILES string of the molecule is Cc1ccc(O)c(NC(=O)c2cc3nc(-c4ccc(F)cc4)cc(C)n3n2)c1. The van der Waals surface area contributed by atoms with Crippen molar-refractivity contribution in [2.75, 3.05) is 5.32 Å². The van der Waals surface area contributed by atoms with E-state index in [2.05, 4.69) is 15.4 Å². The van der Waals surface area contributed by atoms with Crippen LogP contribution in [0.1, 0.15) is 21.7 Å². The highest BCUT2D eigenvalue weighted by molar-refractivity contribution is 6.04. The molecule has 0 saturated heterocycles. The quantitative estimate of drug-likeness (QED) is 0.528. The van der Waals surface area contributed by atoms with Crippen molar-refractivity contribution >= 4 is 17.2 Å². The number of benzene rings is 2. The number of aromatic hydroxyl groups is 1. The number of aromatic nitrogens is 3. The van der Waals surface area contributed by atoms with E-state index in [1.807, 2.05) is 19.9 Å². The zero-order valence-corrected chi connectivity index (χ0v) is 15.3. The molecule has 4 rings (SSSR count). The van der Waals surface area contributed by atoms with Gasteiger partial charge in [0.1, 0.15) is 11.6 Å². The van der Waals surface area contributed by atoms with Crippen LogP contribution in [0.3, 0.4) is 0 Å². The van der Waals surface area contributed by atoms with Crippen LogP contribution in [0.5, 0.6) is 5.75 Å². The zero-order valence-electron chi connectivity index (χ0n) is 15.3. The van der Waals surface area contributed by atoms with Gasteiger partial charge in [0.15, 0.2) is 11.3 Å². The summed E-state index contributed by atoms with van der Waals surface area (Å²) in [6.45, 7) is 3.72. The van der Waals surface area contributed by atoms with E-state index in [0.29, 0.717) is 17.0 Å². The maximum atomic E-state index is 13.2. The van der Waals surface area contributed by atoms with E-state index in [-0.39, 0.29) is 17.3 Å². The summed E-state index contributed by atoms with van der Waals surface area (Å²) < 4.78 is 14.7. The predicted octanol–water partition coefficient (Wildman–Crippen LogP) is 4.11. The highest BCUT2D eigenvalue weighted by Crippen LogP contribution is 2.25. The Morgan fingerprint density at radius 3 is 2.57 bits per heavy atom. The van der Waals surface area contributed by atoms with Crippen molar-refractivity contribution in [2.24, 2.45) is 0 Å². The number of hydrogen-bond donors (Lipinski definition) is 2. The molecule has 0 aliphatic heterocycles. The van der Waals surface area contributed by atoms with Crippen molar-refractivity contribution in [3.8, 4) is 17.0 Å². The molecule has 6 nitrogen and oxygen atoms in total. The highest BCUT2D eigenvalue weighted by atomic mass is 19.1. The van der Waals surface area contributed by atoms with Gasteiger partial charge in [-0.1, -0.05) is 6.07 Å². The summed E-state index contributed by atoms with van der Waals surface area (Å²) in [7, 11) is 0. The standard InChI is InChI=1S/C21H17FN4O2/c1-12-3-8-19(27)17(9-12)24-21(28)18-11-20-23-16(10-13(2)26(20)25-18)14-4-6-15(22)7-5-14/h3-11,27H,1-2H3,(H,24,28). The number of hydrogen-bond acceptors (Lipinski definition) is 4. The van der Waals surface area contributed by atoms with Crippen molar-refractivity contribution in [1.82, 2.24) is 14.6 Å². The van der Waals surface area contributed by atoms with E-state index in [0.717, 1.165) is 16.8 Å². The van der Waals surface area contributed by atoms with Crippen LogP contribution >= 0.6 is 0 Å². The van der Waals surface area contributed by atoms with E-state index in [4.69, 9.17) is 0 Å². The van der Waals surface area contributed by atoms with Gasteiger partial charge in [-0.05, 0) is 61.9 Å². The van der Waals surface area contributed by atoms with Crippen LogP contribution in [0.4, 0.5) is 10.1 Å². The first-order chi connectivity index (χ1) is 13.4. The summed E-state index contributed by atoms with van der Waals surface area (Å²) in [5.74, 6) is -0.783. The molecule has 0 bridgehead atoms. The van der Waals surface area contributed by atoms with Gasteiger partial charge in [-0.2, -0.15) is 5.10 Å².